The van der Waals surface area contributed by atoms with Crippen molar-refractivity contribution in [3.63, 3.8) is 0 Å². The van der Waals surface area contributed by atoms with E-state index in [1.165, 1.54) is 12.1 Å². The third-order valence-electron chi connectivity index (χ3n) is 3.32. The number of carbonyl (C=O) groups excluding carboxylic acids is 1. The van der Waals surface area contributed by atoms with Gasteiger partial charge in [-0.05, 0) is 35.4 Å². The number of hydrogen-bond acceptors (Lipinski definition) is 4. The summed E-state index contributed by atoms with van der Waals surface area (Å²) in [5.41, 5.74) is 2.06. The zero-order chi connectivity index (χ0) is 14.4. The highest BCUT2D eigenvalue weighted by molar-refractivity contribution is 7.84. The summed E-state index contributed by atoms with van der Waals surface area (Å²) in [4.78, 5) is 23.1. The van der Waals surface area contributed by atoms with Crippen molar-refractivity contribution in [3.05, 3.63) is 57.6 Å². The lowest BCUT2D eigenvalue weighted by Gasteiger charge is -2.02. The third-order valence-corrected chi connectivity index (χ3v) is 4.23. The smallest absolute Gasteiger partial charge is 0.270 e. The maximum absolute atomic E-state index is 12.2. The molecular formula is C14H9NO4S. The summed E-state index contributed by atoms with van der Waals surface area (Å²) in [7, 11) is -1.14. The van der Waals surface area contributed by atoms with Gasteiger partial charge >= 0.3 is 0 Å². The lowest BCUT2D eigenvalue weighted by molar-refractivity contribution is -0.384. The minimum atomic E-state index is -1.14. The number of ketones is 1. The molecule has 1 aliphatic rings. The molecular weight excluding hydrogens is 278 g/mol. The van der Waals surface area contributed by atoms with Crippen molar-refractivity contribution in [2.24, 2.45) is 0 Å². The highest BCUT2D eigenvalue weighted by Crippen LogP contribution is 2.39. The number of nitro benzene ring substituents is 1. The van der Waals surface area contributed by atoms with E-state index in [1.807, 2.05) is 0 Å². The maximum Gasteiger partial charge on any atom is 0.270 e. The standard InChI is InChI=1S/C14H9NO4S/c1-20(19)9-3-5-11-12(7-9)10-4-2-8(15(17)18)6-13(10)14(11)16/h2-7H,1H3/t20-/m0/s1. The topological polar surface area (TPSA) is 77.3 Å². The molecule has 2 aromatic rings. The van der Waals surface area contributed by atoms with Crippen molar-refractivity contribution >= 4 is 22.3 Å². The Bertz CT molecular complexity index is 798. The maximum atomic E-state index is 12.2. The van der Waals surface area contributed by atoms with E-state index in [1.54, 1.807) is 30.5 Å². The Hall–Kier alpha value is -2.34. The fraction of sp³-hybridized carbons (Fsp3) is 0.0714. The molecule has 0 heterocycles. The van der Waals surface area contributed by atoms with Crippen LogP contribution in [0.15, 0.2) is 41.3 Å². The Morgan fingerprint density at radius 2 is 1.70 bits per heavy atom. The molecule has 0 saturated heterocycles. The first kappa shape index (κ1) is 12.7. The fourth-order valence-electron chi connectivity index (χ4n) is 2.34. The van der Waals surface area contributed by atoms with E-state index >= 15 is 0 Å². The average Bonchev–Trinajstić information content (AvgIpc) is 2.71. The van der Waals surface area contributed by atoms with Crippen LogP contribution in [0, 0.1) is 10.1 Å². The van der Waals surface area contributed by atoms with Gasteiger partial charge in [-0.2, -0.15) is 0 Å². The molecule has 0 unspecified atom stereocenters. The first-order chi connectivity index (χ1) is 9.49. The molecule has 100 valence electrons. The summed E-state index contributed by atoms with van der Waals surface area (Å²) in [5.74, 6) is -0.230. The van der Waals surface area contributed by atoms with Crippen LogP contribution in [0.2, 0.25) is 0 Å². The van der Waals surface area contributed by atoms with Crippen LogP contribution in [-0.4, -0.2) is 21.2 Å². The van der Waals surface area contributed by atoms with Gasteiger partial charge in [0.05, 0.1) is 4.92 Å². The Morgan fingerprint density at radius 1 is 1.00 bits per heavy atom. The monoisotopic (exact) mass is 287 g/mol. The predicted octanol–water partition coefficient (Wildman–Crippen LogP) is 2.54. The van der Waals surface area contributed by atoms with Crippen molar-refractivity contribution in [1.82, 2.24) is 0 Å². The summed E-state index contributed by atoms with van der Waals surface area (Å²) in [6.07, 6.45) is 1.56. The number of hydrogen-bond donors (Lipinski definition) is 0. The van der Waals surface area contributed by atoms with Gasteiger partial charge in [0.2, 0.25) is 0 Å². The molecule has 0 aliphatic heterocycles. The van der Waals surface area contributed by atoms with Gasteiger partial charge in [0, 0.05) is 45.2 Å². The molecule has 3 rings (SSSR count). The van der Waals surface area contributed by atoms with Crippen molar-refractivity contribution in [2.75, 3.05) is 6.26 Å². The Morgan fingerprint density at radius 3 is 2.35 bits per heavy atom. The van der Waals surface area contributed by atoms with E-state index in [9.17, 15) is 19.1 Å². The Labute approximate surface area is 116 Å². The van der Waals surface area contributed by atoms with Gasteiger partial charge in [-0.15, -0.1) is 0 Å². The Balaban J connectivity index is 2.23. The summed E-state index contributed by atoms with van der Waals surface area (Å²) in [6, 6.07) is 9.21. The number of benzene rings is 2. The third kappa shape index (κ3) is 1.77. The lowest BCUT2D eigenvalue weighted by Crippen LogP contribution is -1.97. The summed E-state index contributed by atoms with van der Waals surface area (Å²) in [6.45, 7) is 0. The summed E-state index contributed by atoms with van der Waals surface area (Å²) < 4.78 is 11.5. The molecule has 0 fully saturated rings. The van der Waals surface area contributed by atoms with E-state index in [4.69, 9.17) is 0 Å². The molecule has 0 amide bonds. The van der Waals surface area contributed by atoms with Crippen LogP contribution in [0.1, 0.15) is 15.9 Å². The largest absolute Gasteiger partial charge is 0.289 e. The average molecular weight is 287 g/mol. The first-order valence-corrected chi connectivity index (χ1v) is 7.36. The normalized spacial score (nSPS) is 13.8. The van der Waals surface area contributed by atoms with E-state index in [2.05, 4.69) is 0 Å². The minimum Gasteiger partial charge on any atom is -0.289 e. The van der Waals surface area contributed by atoms with Gasteiger partial charge in [0.25, 0.3) is 5.69 Å². The Kier molecular flexibility index (Phi) is 2.76. The molecule has 6 heteroatoms. The second kappa shape index (κ2) is 4.35. The molecule has 0 aromatic heterocycles. The molecule has 0 radical (unpaired) electrons. The van der Waals surface area contributed by atoms with Crippen LogP contribution in [0.5, 0.6) is 0 Å². The van der Waals surface area contributed by atoms with Crippen LogP contribution in [0.3, 0.4) is 0 Å². The van der Waals surface area contributed by atoms with Gasteiger partial charge in [0.1, 0.15) is 0 Å². The van der Waals surface area contributed by atoms with Crippen LogP contribution in [0.25, 0.3) is 11.1 Å². The molecule has 0 spiro atoms. The van der Waals surface area contributed by atoms with Crippen molar-refractivity contribution < 1.29 is 13.9 Å². The molecule has 2 aromatic carbocycles. The number of non-ortho nitro benzene ring substituents is 1. The first-order valence-electron chi connectivity index (χ1n) is 5.80. The van der Waals surface area contributed by atoms with E-state index < -0.39 is 15.7 Å². The van der Waals surface area contributed by atoms with E-state index in [-0.39, 0.29) is 11.5 Å². The minimum absolute atomic E-state index is 0.107. The zero-order valence-electron chi connectivity index (χ0n) is 10.5. The SMILES string of the molecule is C[S@](=O)c1ccc2c(c1)-c1ccc([N+](=O)[O-])cc1C2=O. The summed E-state index contributed by atoms with van der Waals surface area (Å²) >= 11 is 0. The van der Waals surface area contributed by atoms with Crippen LogP contribution < -0.4 is 0 Å². The molecule has 1 atom stereocenters. The molecule has 5 nitrogen and oxygen atoms in total. The van der Waals surface area contributed by atoms with Crippen molar-refractivity contribution in [2.45, 2.75) is 4.90 Å². The van der Waals surface area contributed by atoms with Crippen molar-refractivity contribution in [1.29, 1.82) is 0 Å². The highest BCUT2D eigenvalue weighted by atomic mass is 32.2. The van der Waals surface area contributed by atoms with Gasteiger partial charge in [-0.25, -0.2) is 0 Å². The molecule has 0 saturated carbocycles. The number of nitro groups is 1. The van der Waals surface area contributed by atoms with Gasteiger partial charge in [0.15, 0.2) is 5.78 Å². The van der Waals surface area contributed by atoms with E-state index in [0.717, 1.165) is 0 Å². The highest BCUT2D eigenvalue weighted by Gasteiger charge is 2.28. The second-order valence-electron chi connectivity index (χ2n) is 4.48. The van der Waals surface area contributed by atoms with Gasteiger partial charge < -0.3 is 0 Å². The second-order valence-corrected chi connectivity index (χ2v) is 5.86. The number of nitrogens with zero attached hydrogens (tertiary/aromatic N) is 1. The van der Waals surface area contributed by atoms with Gasteiger partial charge in [-0.3, -0.25) is 19.1 Å². The van der Waals surface area contributed by atoms with Crippen LogP contribution in [0.4, 0.5) is 5.69 Å². The predicted molar refractivity (Wildman–Crippen MR) is 74.3 cm³/mol. The molecule has 20 heavy (non-hydrogen) atoms. The number of carbonyl (C=O) groups is 1. The quantitative estimate of drug-likeness (QED) is 0.536. The lowest BCUT2D eigenvalue weighted by atomic mass is 10.1. The number of rotatable bonds is 2. The van der Waals surface area contributed by atoms with Crippen LogP contribution in [-0.2, 0) is 10.8 Å². The fourth-order valence-corrected chi connectivity index (χ4v) is 2.88. The number of fused-ring (bicyclic) bond motifs is 3. The zero-order valence-corrected chi connectivity index (χ0v) is 11.3. The summed E-state index contributed by atoms with van der Waals surface area (Å²) in [5, 5.41) is 10.8. The van der Waals surface area contributed by atoms with Crippen molar-refractivity contribution in [3.8, 4) is 11.1 Å². The molecule has 0 bridgehead atoms. The molecule has 0 N–H and O–H groups in total. The van der Waals surface area contributed by atoms with E-state index in [0.29, 0.717) is 27.1 Å². The molecule has 1 aliphatic carbocycles. The van der Waals surface area contributed by atoms with Crippen LogP contribution >= 0.6 is 0 Å². The van der Waals surface area contributed by atoms with Gasteiger partial charge in [-0.1, -0.05) is 0 Å².